The Balaban J connectivity index is 1.78. The summed E-state index contributed by atoms with van der Waals surface area (Å²) >= 11 is 1.35. The number of nitro groups is 1. The van der Waals surface area contributed by atoms with Gasteiger partial charge < -0.3 is 9.64 Å². The largest absolute Gasteiger partial charge is 0.449 e. The van der Waals surface area contributed by atoms with E-state index in [9.17, 15) is 19.7 Å². The van der Waals surface area contributed by atoms with Crippen LogP contribution in [0.1, 0.15) is 22.8 Å². The highest BCUT2D eigenvalue weighted by Gasteiger charge is 2.31. The Morgan fingerprint density at radius 3 is 2.70 bits per heavy atom. The third-order valence-corrected chi connectivity index (χ3v) is 5.13. The predicted octanol–water partition coefficient (Wildman–Crippen LogP) is 3.45. The summed E-state index contributed by atoms with van der Waals surface area (Å²) in [5.41, 5.74) is 1.37. The van der Waals surface area contributed by atoms with Gasteiger partial charge in [-0.3, -0.25) is 14.9 Å². The first-order valence-corrected chi connectivity index (χ1v) is 9.57. The lowest BCUT2D eigenvalue weighted by Crippen LogP contribution is -2.39. The van der Waals surface area contributed by atoms with Gasteiger partial charge in [0.2, 0.25) is 0 Å². The van der Waals surface area contributed by atoms with Gasteiger partial charge in [-0.15, -0.1) is 11.8 Å². The lowest BCUT2D eigenvalue weighted by atomic mass is 10.2. The van der Waals surface area contributed by atoms with Crippen LogP contribution in [0.3, 0.4) is 0 Å². The number of rotatable bonds is 5. The number of benzene rings is 2. The number of hydrogen-bond donors (Lipinski definition) is 0. The lowest BCUT2D eigenvalue weighted by molar-refractivity contribution is -0.385. The number of anilines is 1. The molecule has 0 bridgehead atoms. The maximum Gasteiger partial charge on any atom is 0.345 e. The first-order valence-electron chi connectivity index (χ1n) is 8.35. The number of carbonyl (C=O) groups excluding carboxylic acids is 2. The summed E-state index contributed by atoms with van der Waals surface area (Å²) in [6.07, 6.45) is 1.48. The summed E-state index contributed by atoms with van der Waals surface area (Å²) in [5.74, 6) is -1.23. The summed E-state index contributed by atoms with van der Waals surface area (Å²) in [6.45, 7) is 1.99. The van der Waals surface area contributed by atoms with E-state index < -0.39 is 17.0 Å². The minimum absolute atomic E-state index is 0.159. The number of esters is 1. The highest BCUT2D eigenvalue weighted by Crippen LogP contribution is 2.29. The zero-order valence-electron chi connectivity index (χ0n) is 14.9. The van der Waals surface area contributed by atoms with Crippen molar-refractivity contribution in [1.82, 2.24) is 0 Å². The number of hydrogen-bond acceptors (Lipinski definition) is 6. The number of nitro benzene ring substituents is 1. The van der Waals surface area contributed by atoms with Crippen molar-refractivity contribution in [3.8, 4) is 0 Å². The summed E-state index contributed by atoms with van der Waals surface area (Å²) < 4.78 is 5.27. The molecule has 0 fully saturated rings. The van der Waals surface area contributed by atoms with Gasteiger partial charge >= 0.3 is 5.97 Å². The smallest absolute Gasteiger partial charge is 0.345 e. The molecule has 1 amide bonds. The molecule has 0 radical (unpaired) electrons. The second kappa shape index (κ2) is 7.79. The van der Waals surface area contributed by atoms with E-state index in [1.54, 1.807) is 17.2 Å². The van der Waals surface area contributed by atoms with E-state index in [1.807, 2.05) is 24.3 Å². The zero-order chi connectivity index (χ0) is 19.6. The van der Waals surface area contributed by atoms with E-state index in [0.717, 1.165) is 17.7 Å². The van der Waals surface area contributed by atoms with Crippen molar-refractivity contribution in [2.24, 2.45) is 0 Å². The van der Waals surface area contributed by atoms with E-state index in [2.05, 4.69) is 0 Å². The molecule has 0 aliphatic carbocycles. The molecule has 1 atom stereocenters. The fraction of sp³-hybridized carbons (Fsp3) is 0.263. The van der Waals surface area contributed by atoms with Crippen molar-refractivity contribution in [1.29, 1.82) is 0 Å². The third-order valence-electron chi connectivity index (χ3n) is 4.41. The second-order valence-electron chi connectivity index (χ2n) is 6.06. The van der Waals surface area contributed by atoms with Crippen molar-refractivity contribution < 1.29 is 19.2 Å². The topological polar surface area (TPSA) is 89.7 Å². The van der Waals surface area contributed by atoms with Gasteiger partial charge in [0.15, 0.2) is 6.10 Å². The Bertz CT molecular complexity index is 915. The van der Waals surface area contributed by atoms with Crippen LogP contribution >= 0.6 is 11.8 Å². The number of para-hydroxylation sites is 1. The first kappa shape index (κ1) is 18.9. The number of nitrogens with zero attached hydrogens (tertiary/aromatic N) is 2. The Hall–Kier alpha value is -2.87. The number of thioether (sulfide) groups is 1. The molecule has 0 saturated heterocycles. The van der Waals surface area contributed by atoms with Crippen LogP contribution in [0.15, 0.2) is 47.4 Å². The molecule has 7 nitrogen and oxygen atoms in total. The molecule has 3 rings (SSSR count). The normalized spacial score (nSPS) is 13.8. The van der Waals surface area contributed by atoms with E-state index in [1.165, 1.54) is 30.8 Å². The van der Waals surface area contributed by atoms with Crippen LogP contribution in [0.25, 0.3) is 0 Å². The van der Waals surface area contributed by atoms with Gasteiger partial charge in [-0.05, 0) is 43.4 Å². The minimum Gasteiger partial charge on any atom is -0.449 e. The molecule has 0 saturated carbocycles. The van der Waals surface area contributed by atoms with E-state index >= 15 is 0 Å². The van der Waals surface area contributed by atoms with Crippen LogP contribution in [-0.4, -0.2) is 35.7 Å². The van der Waals surface area contributed by atoms with Crippen molar-refractivity contribution in [3.05, 3.63) is 63.7 Å². The zero-order valence-corrected chi connectivity index (χ0v) is 15.7. The lowest BCUT2D eigenvalue weighted by Gasteiger charge is -2.21. The van der Waals surface area contributed by atoms with Crippen molar-refractivity contribution in [2.45, 2.75) is 24.3 Å². The van der Waals surface area contributed by atoms with E-state index in [4.69, 9.17) is 4.74 Å². The molecule has 0 aromatic heterocycles. The number of amides is 1. The van der Waals surface area contributed by atoms with Crippen molar-refractivity contribution >= 4 is 35.0 Å². The summed E-state index contributed by atoms with van der Waals surface area (Å²) in [6, 6.07) is 11.8. The molecule has 0 N–H and O–H groups in total. The van der Waals surface area contributed by atoms with Crippen LogP contribution in [0.2, 0.25) is 0 Å². The van der Waals surface area contributed by atoms with Crippen LogP contribution in [-0.2, 0) is 16.0 Å². The van der Waals surface area contributed by atoms with Crippen LogP contribution in [0.5, 0.6) is 0 Å². The number of carbonyl (C=O) groups is 2. The molecule has 2 aromatic carbocycles. The molecule has 1 heterocycles. The van der Waals surface area contributed by atoms with Gasteiger partial charge in [0.05, 0.1) is 4.92 Å². The molecule has 140 valence electrons. The van der Waals surface area contributed by atoms with Crippen LogP contribution in [0, 0.1) is 10.1 Å². The molecule has 1 aliphatic rings. The molecule has 2 aromatic rings. The van der Waals surface area contributed by atoms with E-state index in [-0.39, 0.29) is 17.2 Å². The van der Waals surface area contributed by atoms with Gasteiger partial charge in [0, 0.05) is 23.2 Å². The number of fused-ring (bicyclic) bond motifs is 1. The second-order valence-corrected chi connectivity index (χ2v) is 6.94. The van der Waals surface area contributed by atoms with Crippen molar-refractivity contribution in [3.63, 3.8) is 0 Å². The fourth-order valence-corrected chi connectivity index (χ4v) is 3.47. The van der Waals surface area contributed by atoms with Gasteiger partial charge in [-0.1, -0.05) is 18.2 Å². The summed E-state index contributed by atoms with van der Waals surface area (Å²) in [4.78, 5) is 38.1. The Morgan fingerprint density at radius 1 is 1.26 bits per heavy atom. The molecular formula is C19H18N2O5S. The number of ether oxygens (including phenoxy) is 1. The SMILES string of the molecule is CSc1ccc([N+](=O)[O-])c(C(=O)O[C@H](C)C(=O)N2CCc3ccccc32)c1. The monoisotopic (exact) mass is 386 g/mol. The standard InChI is InChI=1S/C19H18N2O5S/c1-12(18(22)20-10-9-13-5-3-4-6-16(13)20)26-19(23)15-11-14(27-2)7-8-17(15)21(24)25/h3-8,11-12H,9-10H2,1-2H3/t12-/m1/s1. The van der Waals surface area contributed by atoms with Gasteiger partial charge in [0.25, 0.3) is 11.6 Å². The molecule has 0 spiro atoms. The maximum atomic E-state index is 12.7. The molecular weight excluding hydrogens is 368 g/mol. The quantitative estimate of drug-likeness (QED) is 0.338. The Labute approximate surface area is 160 Å². The predicted molar refractivity (Wildman–Crippen MR) is 102 cm³/mol. The summed E-state index contributed by atoms with van der Waals surface area (Å²) in [5, 5.41) is 11.2. The van der Waals surface area contributed by atoms with Gasteiger partial charge in [-0.25, -0.2) is 4.79 Å². The average molecular weight is 386 g/mol. The minimum atomic E-state index is -1.05. The average Bonchev–Trinajstić information content (AvgIpc) is 3.10. The maximum absolute atomic E-state index is 12.7. The Morgan fingerprint density at radius 2 is 2.00 bits per heavy atom. The van der Waals surface area contributed by atoms with E-state index in [0.29, 0.717) is 11.4 Å². The van der Waals surface area contributed by atoms with Crippen LogP contribution in [0.4, 0.5) is 11.4 Å². The molecule has 8 heteroatoms. The molecule has 1 aliphatic heterocycles. The van der Waals surface area contributed by atoms with Crippen molar-refractivity contribution in [2.75, 3.05) is 17.7 Å². The Kier molecular flexibility index (Phi) is 5.46. The third kappa shape index (κ3) is 3.80. The summed E-state index contributed by atoms with van der Waals surface area (Å²) in [7, 11) is 0. The highest BCUT2D eigenvalue weighted by molar-refractivity contribution is 7.98. The van der Waals surface area contributed by atoms with Crippen LogP contribution < -0.4 is 4.90 Å². The first-order chi connectivity index (χ1) is 12.9. The van der Waals surface area contributed by atoms with Gasteiger partial charge in [-0.2, -0.15) is 0 Å². The van der Waals surface area contributed by atoms with Gasteiger partial charge in [0.1, 0.15) is 5.56 Å². The molecule has 0 unspecified atom stereocenters. The molecule has 27 heavy (non-hydrogen) atoms. The fourth-order valence-electron chi connectivity index (χ4n) is 3.03. The highest BCUT2D eigenvalue weighted by atomic mass is 32.2.